The maximum absolute atomic E-state index is 13.3. The van der Waals surface area contributed by atoms with Crippen molar-refractivity contribution in [1.29, 1.82) is 0 Å². The molecule has 0 spiro atoms. The van der Waals surface area contributed by atoms with Crippen LogP contribution in [0.5, 0.6) is 0 Å². The van der Waals surface area contributed by atoms with Gasteiger partial charge in [0, 0.05) is 11.5 Å². The standard InChI is InChI=1S/C13H15F3S2/c1-2-3-10-4-6-11(7-5-10)12(13(14,15)16)17-8-9-18-12/h4-7H,2-3,8-9H2,1H3. The van der Waals surface area contributed by atoms with Crippen LogP contribution in [0.15, 0.2) is 24.3 Å². The largest absolute Gasteiger partial charge is 0.416 e. The molecular formula is C13H15F3S2. The molecule has 1 aromatic carbocycles. The average molecular weight is 292 g/mol. The fraction of sp³-hybridized carbons (Fsp3) is 0.538. The van der Waals surface area contributed by atoms with E-state index < -0.39 is 10.3 Å². The number of aryl methyl sites for hydroxylation is 1. The number of rotatable bonds is 3. The molecular weight excluding hydrogens is 277 g/mol. The maximum Gasteiger partial charge on any atom is 0.416 e. The van der Waals surface area contributed by atoms with E-state index in [1.807, 2.05) is 12.1 Å². The molecule has 0 unspecified atom stereocenters. The molecule has 100 valence electrons. The van der Waals surface area contributed by atoms with E-state index in [9.17, 15) is 13.2 Å². The van der Waals surface area contributed by atoms with E-state index in [4.69, 9.17) is 0 Å². The first-order valence-electron chi connectivity index (χ1n) is 5.93. The van der Waals surface area contributed by atoms with Crippen LogP contribution in [0.25, 0.3) is 0 Å². The summed E-state index contributed by atoms with van der Waals surface area (Å²) < 4.78 is 38.2. The molecule has 1 fully saturated rings. The first-order chi connectivity index (χ1) is 8.49. The Hall–Kier alpha value is -0.290. The van der Waals surface area contributed by atoms with Gasteiger partial charge in [-0.25, -0.2) is 0 Å². The molecule has 1 heterocycles. The van der Waals surface area contributed by atoms with Crippen LogP contribution in [0, 0.1) is 0 Å². The summed E-state index contributed by atoms with van der Waals surface area (Å²) in [5, 5.41) is 0. The molecule has 0 aliphatic carbocycles. The van der Waals surface area contributed by atoms with Crippen LogP contribution < -0.4 is 0 Å². The van der Waals surface area contributed by atoms with Crippen LogP contribution in [-0.2, 0) is 10.5 Å². The molecule has 2 rings (SSSR count). The molecule has 0 atom stereocenters. The SMILES string of the molecule is CCCc1ccc(C2(C(F)(F)F)SCCS2)cc1. The second-order valence-electron chi connectivity index (χ2n) is 4.26. The summed E-state index contributed by atoms with van der Waals surface area (Å²) in [5.41, 5.74) is 1.48. The molecule has 1 aromatic rings. The topological polar surface area (TPSA) is 0 Å². The highest BCUT2D eigenvalue weighted by Gasteiger charge is 2.58. The number of hydrogen-bond donors (Lipinski definition) is 0. The second-order valence-corrected chi connectivity index (χ2v) is 7.14. The van der Waals surface area contributed by atoms with E-state index in [-0.39, 0.29) is 0 Å². The van der Waals surface area contributed by atoms with Gasteiger partial charge in [-0.3, -0.25) is 0 Å². The van der Waals surface area contributed by atoms with E-state index in [2.05, 4.69) is 6.92 Å². The Morgan fingerprint density at radius 3 is 2.11 bits per heavy atom. The highest BCUT2D eigenvalue weighted by atomic mass is 32.2. The van der Waals surface area contributed by atoms with Crippen LogP contribution >= 0.6 is 23.5 Å². The smallest absolute Gasteiger partial charge is 0.168 e. The predicted molar refractivity (Wildman–Crippen MR) is 73.1 cm³/mol. The Labute approximate surface area is 114 Å². The Kier molecular flexibility index (Phi) is 4.22. The van der Waals surface area contributed by atoms with Crippen LogP contribution in [-0.4, -0.2) is 17.7 Å². The van der Waals surface area contributed by atoms with Crippen molar-refractivity contribution in [1.82, 2.24) is 0 Å². The molecule has 0 bridgehead atoms. The van der Waals surface area contributed by atoms with Gasteiger partial charge < -0.3 is 0 Å². The molecule has 0 N–H and O–H groups in total. The summed E-state index contributed by atoms with van der Waals surface area (Å²) in [6, 6.07) is 6.94. The number of thioether (sulfide) groups is 2. The molecule has 1 saturated heterocycles. The van der Waals surface area contributed by atoms with Crippen molar-refractivity contribution in [2.45, 2.75) is 30.0 Å². The molecule has 1 aliphatic heterocycles. The van der Waals surface area contributed by atoms with Crippen molar-refractivity contribution >= 4 is 23.5 Å². The minimum absolute atomic E-state index is 0.377. The lowest BCUT2D eigenvalue weighted by Crippen LogP contribution is -2.34. The Morgan fingerprint density at radius 1 is 1.11 bits per heavy atom. The molecule has 1 aliphatic rings. The first kappa shape index (κ1) is 14.1. The van der Waals surface area contributed by atoms with E-state index in [0.29, 0.717) is 17.1 Å². The van der Waals surface area contributed by atoms with Gasteiger partial charge in [-0.2, -0.15) is 13.2 Å². The van der Waals surface area contributed by atoms with Crippen LogP contribution in [0.2, 0.25) is 0 Å². The predicted octanol–water partition coefficient (Wildman–Crippen LogP) is 4.83. The molecule has 5 heteroatoms. The zero-order valence-corrected chi connectivity index (χ0v) is 11.7. The zero-order valence-electron chi connectivity index (χ0n) is 10.1. The van der Waals surface area contributed by atoms with Crippen molar-refractivity contribution in [3.8, 4) is 0 Å². The van der Waals surface area contributed by atoms with Crippen LogP contribution in [0.3, 0.4) is 0 Å². The monoisotopic (exact) mass is 292 g/mol. The van der Waals surface area contributed by atoms with Gasteiger partial charge in [0.25, 0.3) is 0 Å². The van der Waals surface area contributed by atoms with E-state index >= 15 is 0 Å². The first-order valence-corrected chi connectivity index (χ1v) is 7.91. The van der Waals surface area contributed by atoms with Crippen molar-refractivity contribution in [2.75, 3.05) is 11.5 Å². The maximum atomic E-state index is 13.3. The van der Waals surface area contributed by atoms with Gasteiger partial charge in [-0.1, -0.05) is 37.6 Å². The Balaban J connectivity index is 2.32. The third kappa shape index (κ3) is 2.52. The second kappa shape index (κ2) is 5.37. The number of hydrogen-bond acceptors (Lipinski definition) is 2. The summed E-state index contributed by atoms with van der Waals surface area (Å²) in [6.07, 6.45) is -2.28. The lowest BCUT2D eigenvalue weighted by atomic mass is 10.1. The van der Waals surface area contributed by atoms with Crippen molar-refractivity contribution in [2.24, 2.45) is 0 Å². The van der Waals surface area contributed by atoms with Gasteiger partial charge in [-0.15, -0.1) is 23.5 Å². The number of halogens is 3. The fourth-order valence-electron chi connectivity index (χ4n) is 2.09. The number of alkyl halides is 3. The number of benzene rings is 1. The highest BCUT2D eigenvalue weighted by Crippen LogP contribution is 2.60. The van der Waals surface area contributed by atoms with Crippen molar-refractivity contribution < 1.29 is 13.2 Å². The third-order valence-electron chi connectivity index (χ3n) is 2.94. The summed E-state index contributed by atoms with van der Waals surface area (Å²) in [4.78, 5) is 0. The Bertz CT molecular complexity index is 392. The fourth-order valence-corrected chi connectivity index (χ4v) is 5.09. The summed E-state index contributed by atoms with van der Waals surface area (Å²) in [6.45, 7) is 2.06. The summed E-state index contributed by atoms with van der Waals surface area (Å²) in [5.74, 6) is 1.11. The quantitative estimate of drug-likeness (QED) is 0.782. The van der Waals surface area contributed by atoms with Gasteiger partial charge in [0.1, 0.15) is 0 Å². The lowest BCUT2D eigenvalue weighted by Gasteiger charge is -2.30. The third-order valence-corrected chi connectivity index (χ3v) is 6.47. The molecule has 0 nitrogen and oxygen atoms in total. The van der Waals surface area contributed by atoms with Crippen LogP contribution in [0.1, 0.15) is 24.5 Å². The van der Waals surface area contributed by atoms with E-state index in [1.165, 1.54) is 0 Å². The molecule has 0 saturated carbocycles. The average Bonchev–Trinajstić information content (AvgIpc) is 2.80. The van der Waals surface area contributed by atoms with Gasteiger partial charge in [0.2, 0.25) is 0 Å². The van der Waals surface area contributed by atoms with Gasteiger partial charge >= 0.3 is 6.18 Å². The zero-order chi connectivity index (χ0) is 13.2. The van der Waals surface area contributed by atoms with Crippen molar-refractivity contribution in [3.63, 3.8) is 0 Å². The highest BCUT2D eigenvalue weighted by molar-refractivity contribution is 8.20. The normalized spacial score (nSPS) is 19.1. The lowest BCUT2D eigenvalue weighted by molar-refractivity contribution is -0.138. The van der Waals surface area contributed by atoms with Crippen molar-refractivity contribution in [3.05, 3.63) is 35.4 Å². The summed E-state index contributed by atoms with van der Waals surface area (Å²) >= 11 is 2.01. The molecule has 0 aromatic heterocycles. The van der Waals surface area contributed by atoms with Gasteiger partial charge in [0.15, 0.2) is 4.08 Å². The van der Waals surface area contributed by atoms with Gasteiger partial charge in [-0.05, 0) is 17.5 Å². The molecule has 18 heavy (non-hydrogen) atoms. The molecule has 0 radical (unpaired) electrons. The minimum Gasteiger partial charge on any atom is -0.168 e. The Morgan fingerprint density at radius 2 is 1.67 bits per heavy atom. The van der Waals surface area contributed by atoms with E-state index in [1.54, 1.807) is 12.1 Å². The van der Waals surface area contributed by atoms with Gasteiger partial charge in [0.05, 0.1) is 0 Å². The minimum atomic E-state index is -4.20. The van der Waals surface area contributed by atoms with E-state index in [0.717, 1.165) is 41.9 Å². The summed E-state index contributed by atoms with van der Waals surface area (Å²) in [7, 11) is 0. The molecule has 0 amide bonds. The van der Waals surface area contributed by atoms with Crippen LogP contribution in [0.4, 0.5) is 13.2 Å².